The zero-order valence-electron chi connectivity index (χ0n) is 14.4. The number of nitrogens with zero attached hydrogens (tertiary/aromatic N) is 1. The lowest BCUT2D eigenvalue weighted by atomic mass is 10.2. The van der Waals surface area contributed by atoms with E-state index in [1.165, 1.54) is 38.4 Å². The molecule has 0 fully saturated rings. The molecule has 9 nitrogen and oxygen atoms in total. The molecule has 1 rings (SSSR count). The summed E-state index contributed by atoms with van der Waals surface area (Å²) in [7, 11) is -0.807. The molecule has 1 aromatic carbocycles. The molecule has 0 atom stereocenters. The molecular formula is C15H21N3O6S. The molecule has 25 heavy (non-hydrogen) atoms. The van der Waals surface area contributed by atoms with Gasteiger partial charge in [-0.2, -0.15) is 0 Å². The second-order valence-corrected chi connectivity index (χ2v) is 7.72. The van der Waals surface area contributed by atoms with Gasteiger partial charge in [0.05, 0.1) is 10.5 Å². The number of hydrogen-bond acceptors (Lipinski definition) is 6. The maximum absolute atomic E-state index is 11.9. The monoisotopic (exact) mass is 371 g/mol. The first-order valence-corrected chi connectivity index (χ1v) is 8.78. The van der Waals surface area contributed by atoms with Gasteiger partial charge >= 0.3 is 12.0 Å². The largest absolute Gasteiger partial charge is 0.452 e. The number of hydrogen-bond donors (Lipinski definition) is 2. The Hall–Kier alpha value is -2.46. The second-order valence-electron chi connectivity index (χ2n) is 5.56. The van der Waals surface area contributed by atoms with Crippen molar-refractivity contribution in [3.05, 3.63) is 29.8 Å². The van der Waals surface area contributed by atoms with Crippen LogP contribution in [0.25, 0.3) is 0 Å². The Morgan fingerprint density at radius 1 is 1.12 bits per heavy atom. The van der Waals surface area contributed by atoms with Crippen molar-refractivity contribution in [2.24, 2.45) is 0 Å². The van der Waals surface area contributed by atoms with Crippen LogP contribution in [0.1, 0.15) is 24.2 Å². The molecule has 0 radical (unpaired) electrons. The van der Waals surface area contributed by atoms with Gasteiger partial charge in [-0.25, -0.2) is 22.3 Å². The van der Waals surface area contributed by atoms with E-state index in [2.05, 4.69) is 5.32 Å². The van der Waals surface area contributed by atoms with E-state index in [4.69, 9.17) is 4.74 Å². The first-order valence-electron chi connectivity index (χ1n) is 7.34. The Morgan fingerprint density at radius 3 is 2.16 bits per heavy atom. The van der Waals surface area contributed by atoms with Gasteiger partial charge in [0.2, 0.25) is 10.0 Å². The van der Waals surface area contributed by atoms with Crippen LogP contribution in [0, 0.1) is 0 Å². The SMILES string of the molecule is CC(C)NC(=O)NC(=O)COC(=O)c1ccc(S(=O)(=O)N(C)C)cc1. The lowest BCUT2D eigenvalue weighted by molar-refractivity contribution is -0.123. The standard InChI is InChI=1S/C15H21N3O6S/c1-10(2)16-15(21)17-13(19)9-24-14(20)11-5-7-12(8-6-11)25(22,23)18(3)4/h5-8,10H,9H2,1-4H3,(H2,16,17,19,21). The van der Waals surface area contributed by atoms with Crippen LogP contribution in [-0.2, 0) is 19.6 Å². The minimum absolute atomic E-state index is 0.0251. The third kappa shape index (κ3) is 6.16. The van der Waals surface area contributed by atoms with E-state index >= 15 is 0 Å². The van der Waals surface area contributed by atoms with Crippen LogP contribution in [0.15, 0.2) is 29.2 Å². The number of urea groups is 1. The van der Waals surface area contributed by atoms with E-state index in [9.17, 15) is 22.8 Å². The number of sulfonamides is 1. The zero-order chi connectivity index (χ0) is 19.2. The zero-order valence-corrected chi connectivity index (χ0v) is 15.2. The number of benzene rings is 1. The fraction of sp³-hybridized carbons (Fsp3) is 0.400. The third-order valence-electron chi connectivity index (χ3n) is 2.88. The van der Waals surface area contributed by atoms with Crippen molar-refractivity contribution in [1.29, 1.82) is 0 Å². The fourth-order valence-corrected chi connectivity index (χ4v) is 2.55. The van der Waals surface area contributed by atoms with Gasteiger partial charge < -0.3 is 10.1 Å². The lowest BCUT2D eigenvalue weighted by Crippen LogP contribution is -2.44. The number of rotatable bonds is 6. The van der Waals surface area contributed by atoms with Crippen LogP contribution in [0.5, 0.6) is 0 Å². The normalized spacial score (nSPS) is 11.3. The van der Waals surface area contributed by atoms with Gasteiger partial charge in [0.25, 0.3) is 5.91 Å². The quantitative estimate of drug-likeness (QED) is 0.695. The van der Waals surface area contributed by atoms with Crippen LogP contribution in [0.3, 0.4) is 0 Å². The molecule has 0 heterocycles. The predicted molar refractivity (Wildman–Crippen MR) is 89.4 cm³/mol. The van der Waals surface area contributed by atoms with Crippen molar-refractivity contribution in [2.75, 3.05) is 20.7 Å². The van der Waals surface area contributed by atoms with Gasteiger partial charge in [0.1, 0.15) is 0 Å². The molecule has 0 saturated carbocycles. The molecule has 0 saturated heterocycles. The Kier molecular flexibility index (Phi) is 7.07. The van der Waals surface area contributed by atoms with E-state index in [1.54, 1.807) is 13.8 Å². The summed E-state index contributed by atoms with van der Waals surface area (Å²) in [5.41, 5.74) is 0.0807. The van der Waals surface area contributed by atoms with Crippen molar-refractivity contribution >= 4 is 27.9 Å². The highest BCUT2D eigenvalue weighted by Gasteiger charge is 2.18. The van der Waals surface area contributed by atoms with Gasteiger partial charge in [0.15, 0.2) is 6.61 Å². The van der Waals surface area contributed by atoms with Crippen molar-refractivity contribution in [3.8, 4) is 0 Å². The Balaban J connectivity index is 2.61. The highest BCUT2D eigenvalue weighted by atomic mass is 32.2. The molecule has 0 spiro atoms. The Bertz CT molecular complexity index is 741. The molecule has 10 heteroatoms. The number of nitrogens with one attached hydrogen (secondary N) is 2. The van der Waals surface area contributed by atoms with Crippen LogP contribution >= 0.6 is 0 Å². The molecule has 138 valence electrons. The molecule has 1 aromatic rings. The van der Waals surface area contributed by atoms with Crippen LogP contribution < -0.4 is 10.6 Å². The molecule has 2 N–H and O–H groups in total. The summed E-state index contributed by atoms with van der Waals surface area (Å²) in [4.78, 5) is 34.7. The van der Waals surface area contributed by atoms with E-state index in [-0.39, 0.29) is 16.5 Å². The fourth-order valence-electron chi connectivity index (χ4n) is 1.65. The van der Waals surface area contributed by atoms with E-state index in [0.29, 0.717) is 0 Å². The smallest absolute Gasteiger partial charge is 0.338 e. The molecule has 0 aliphatic heterocycles. The van der Waals surface area contributed by atoms with Crippen molar-refractivity contribution < 1.29 is 27.5 Å². The lowest BCUT2D eigenvalue weighted by Gasteiger charge is -2.11. The topological polar surface area (TPSA) is 122 Å². The third-order valence-corrected chi connectivity index (χ3v) is 4.70. The summed E-state index contributed by atoms with van der Waals surface area (Å²) in [5.74, 6) is -1.59. The molecular weight excluding hydrogens is 350 g/mol. The summed E-state index contributed by atoms with van der Waals surface area (Å²) in [6.07, 6.45) is 0. The molecule has 0 aliphatic rings. The first kappa shape index (κ1) is 20.6. The van der Waals surface area contributed by atoms with E-state index < -0.39 is 34.5 Å². The van der Waals surface area contributed by atoms with Gasteiger partial charge in [-0.15, -0.1) is 0 Å². The second kappa shape index (κ2) is 8.58. The number of esters is 1. The van der Waals surface area contributed by atoms with Crippen LogP contribution in [-0.4, -0.2) is 57.4 Å². The average Bonchev–Trinajstić information content (AvgIpc) is 2.51. The molecule has 0 bridgehead atoms. The van der Waals surface area contributed by atoms with Crippen molar-refractivity contribution in [2.45, 2.75) is 24.8 Å². The minimum atomic E-state index is -3.60. The van der Waals surface area contributed by atoms with Gasteiger partial charge in [0, 0.05) is 20.1 Å². The van der Waals surface area contributed by atoms with Gasteiger partial charge in [-0.1, -0.05) is 0 Å². The van der Waals surface area contributed by atoms with E-state index in [1.807, 2.05) is 5.32 Å². The highest BCUT2D eigenvalue weighted by molar-refractivity contribution is 7.89. The maximum Gasteiger partial charge on any atom is 0.338 e. The van der Waals surface area contributed by atoms with Crippen LogP contribution in [0.2, 0.25) is 0 Å². The summed E-state index contributed by atoms with van der Waals surface area (Å²) >= 11 is 0. The number of amides is 3. The molecule has 0 unspecified atom stereocenters. The first-order chi connectivity index (χ1) is 11.5. The van der Waals surface area contributed by atoms with Crippen molar-refractivity contribution in [3.63, 3.8) is 0 Å². The molecule has 0 aliphatic carbocycles. The average molecular weight is 371 g/mol. The van der Waals surface area contributed by atoms with Crippen LogP contribution in [0.4, 0.5) is 4.79 Å². The Labute approximate surface area is 146 Å². The highest BCUT2D eigenvalue weighted by Crippen LogP contribution is 2.14. The number of carbonyl (C=O) groups excluding carboxylic acids is 3. The number of carbonyl (C=O) groups is 3. The Morgan fingerprint density at radius 2 is 1.68 bits per heavy atom. The van der Waals surface area contributed by atoms with Crippen molar-refractivity contribution in [1.82, 2.24) is 14.9 Å². The maximum atomic E-state index is 11.9. The number of imide groups is 1. The summed E-state index contributed by atoms with van der Waals surface area (Å²) in [5, 5.41) is 4.46. The van der Waals surface area contributed by atoms with E-state index in [0.717, 1.165) is 4.31 Å². The summed E-state index contributed by atoms with van der Waals surface area (Å²) in [6, 6.07) is 4.26. The molecule has 3 amide bonds. The number of ether oxygens (including phenoxy) is 1. The van der Waals surface area contributed by atoms with Gasteiger partial charge in [-0.3, -0.25) is 10.1 Å². The predicted octanol–water partition coefficient (Wildman–Crippen LogP) is 0.328. The minimum Gasteiger partial charge on any atom is -0.452 e. The molecule has 0 aromatic heterocycles. The summed E-state index contributed by atoms with van der Waals surface area (Å²) < 4.78 is 29.7. The van der Waals surface area contributed by atoms with Gasteiger partial charge in [-0.05, 0) is 38.1 Å². The summed E-state index contributed by atoms with van der Waals surface area (Å²) in [6.45, 7) is 2.82.